The van der Waals surface area contributed by atoms with Gasteiger partial charge in [0.2, 0.25) is 0 Å². The van der Waals surface area contributed by atoms with Gasteiger partial charge in [0.15, 0.2) is 0 Å². The molecule has 3 rings (SSSR count). The van der Waals surface area contributed by atoms with Crippen molar-refractivity contribution < 1.29 is 4.79 Å². The molecule has 3 nitrogen and oxygen atoms in total. The number of hydrogen-bond acceptors (Lipinski definition) is 3. The van der Waals surface area contributed by atoms with Gasteiger partial charge in [-0.15, -0.1) is 11.3 Å². The van der Waals surface area contributed by atoms with Crippen LogP contribution in [0, 0.1) is 17.2 Å². The Morgan fingerprint density at radius 3 is 2.89 bits per heavy atom. The molecule has 1 aromatic rings. The summed E-state index contributed by atoms with van der Waals surface area (Å²) in [5, 5.41) is 12.0. The van der Waals surface area contributed by atoms with Crippen molar-refractivity contribution in [3.63, 3.8) is 0 Å². The summed E-state index contributed by atoms with van der Waals surface area (Å²) in [4.78, 5) is 14.4. The topological polar surface area (TPSA) is 52.9 Å². The van der Waals surface area contributed by atoms with Crippen LogP contribution in [0.1, 0.15) is 52.2 Å². The summed E-state index contributed by atoms with van der Waals surface area (Å²) in [6, 6.07) is 3.96. The summed E-state index contributed by atoms with van der Waals surface area (Å²) < 4.78 is 0. The molecule has 4 heteroatoms. The number of nitrogens with one attached hydrogen (secondary N) is 1. The van der Waals surface area contributed by atoms with E-state index in [2.05, 4.69) is 11.4 Å². The summed E-state index contributed by atoms with van der Waals surface area (Å²) >= 11 is 1.62. The molecule has 1 fully saturated rings. The van der Waals surface area contributed by atoms with Gasteiger partial charge in [-0.1, -0.05) is 6.42 Å². The van der Waals surface area contributed by atoms with Gasteiger partial charge in [-0.2, -0.15) is 5.26 Å². The summed E-state index contributed by atoms with van der Waals surface area (Å²) in [6.45, 7) is 0. The molecule has 19 heavy (non-hydrogen) atoms. The van der Waals surface area contributed by atoms with Crippen molar-refractivity contribution >= 4 is 17.2 Å². The SMILES string of the molecule is N#CC(NC(=O)c1cc2c(s1)CCCCC2)C1CC1. The molecule has 100 valence electrons. The normalized spacial score (nSPS) is 19.9. The molecule has 1 saturated carbocycles. The Kier molecular flexibility index (Phi) is 3.56. The number of carbonyl (C=O) groups excluding carboxylic acids is 1. The number of nitriles is 1. The molecule has 1 unspecified atom stereocenters. The van der Waals surface area contributed by atoms with Gasteiger partial charge < -0.3 is 5.32 Å². The van der Waals surface area contributed by atoms with Gasteiger partial charge in [-0.25, -0.2) is 0 Å². The van der Waals surface area contributed by atoms with Crippen molar-refractivity contribution in [3.8, 4) is 6.07 Å². The maximum atomic E-state index is 12.2. The largest absolute Gasteiger partial charge is 0.335 e. The second kappa shape index (κ2) is 5.34. The predicted molar refractivity (Wildman–Crippen MR) is 75.2 cm³/mol. The smallest absolute Gasteiger partial charge is 0.262 e. The molecule has 1 N–H and O–H groups in total. The van der Waals surface area contributed by atoms with Crippen LogP contribution in [-0.2, 0) is 12.8 Å². The molecule has 0 bridgehead atoms. The number of rotatable bonds is 3. The fraction of sp³-hybridized carbons (Fsp3) is 0.600. The molecule has 2 aliphatic carbocycles. The van der Waals surface area contributed by atoms with E-state index in [4.69, 9.17) is 5.26 Å². The number of carbonyl (C=O) groups is 1. The van der Waals surface area contributed by atoms with Gasteiger partial charge in [0.05, 0.1) is 10.9 Å². The zero-order valence-corrected chi connectivity index (χ0v) is 11.8. The molecule has 1 aromatic heterocycles. The van der Waals surface area contributed by atoms with E-state index in [0.717, 1.165) is 30.6 Å². The monoisotopic (exact) mass is 274 g/mol. The number of thiophene rings is 1. The lowest BCUT2D eigenvalue weighted by atomic mass is 10.1. The van der Waals surface area contributed by atoms with Gasteiger partial charge in [0.25, 0.3) is 5.91 Å². The Hall–Kier alpha value is -1.34. The molecule has 1 heterocycles. The van der Waals surface area contributed by atoms with Crippen LogP contribution in [-0.4, -0.2) is 11.9 Å². The van der Waals surface area contributed by atoms with Crippen molar-refractivity contribution in [2.75, 3.05) is 0 Å². The van der Waals surface area contributed by atoms with E-state index in [9.17, 15) is 4.79 Å². The first-order valence-corrected chi connectivity index (χ1v) is 7.91. The van der Waals surface area contributed by atoms with Crippen molar-refractivity contribution in [2.45, 2.75) is 51.0 Å². The van der Waals surface area contributed by atoms with Gasteiger partial charge in [-0.05, 0) is 56.1 Å². The Morgan fingerprint density at radius 1 is 1.37 bits per heavy atom. The van der Waals surface area contributed by atoms with E-state index < -0.39 is 0 Å². The number of amides is 1. The third-order valence-corrected chi connectivity index (χ3v) is 5.23. The minimum Gasteiger partial charge on any atom is -0.335 e. The Morgan fingerprint density at radius 2 is 2.16 bits per heavy atom. The molecule has 0 saturated heterocycles. The maximum absolute atomic E-state index is 12.2. The number of aryl methyl sites for hydroxylation is 2. The van der Waals surface area contributed by atoms with Crippen LogP contribution >= 0.6 is 11.3 Å². The molecular formula is C15H18N2OS. The quantitative estimate of drug-likeness (QED) is 0.861. The van der Waals surface area contributed by atoms with E-state index in [1.165, 1.54) is 29.7 Å². The number of hydrogen-bond donors (Lipinski definition) is 1. The molecule has 0 spiro atoms. The Bertz CT molecular complexity index is 501. The van der Waals surface area contributed by atoms with Gasteiger partial charge >= 0.3 is 0 Å². The minimum atomic E-state index is -0.297. The van der Waals surface area contributed by atoms with E-state index in [-0.39, 0.29) is 11.9 Å². The predicted octanol–water partition coefficient (Wildman–Crippen LogP) is 3.05. The van der Waals surface area contributed by atoms with E-state index in [1.807, 2.05) is 6.07 Å². The van der Waals surface area contributed by atoms with E-state index >= 15 is 0 Å². The molecule has 1 atom stereocenters. The van der Waals surface area contributed by atoms with Crippen molar-refractivity contribution in [3.05, 3.63) is 21.4 Å². The molecule has 0 radical (unpaired) electrons. The first-order chi connectivity index (χ1) is 9.28. The van der Waals surface area contributed by atoms with Crippen LogP contribution in [0.2, 0.25) is 0 Å². The average molecular weight is 274 g/mol. The third-order valence-electron chi connectivity index (χ3n) is 3.99. The minimum absolute atomic E-state index is 0.0588. The molecule has 0 aliphatic heterocycles. The van der Waals surface area contributed by atoms with Crippen molar-refractivity contribution in [2.24, 2.45) is 5.92 Å². The molecule has 1 amide bonds. The molecule has 2 aliphatic rings. The first kappa shape index (κ1) is 12.7. The summed E-state index contributed by atoms with van der Waals surface area (Å²) in [6.07, 6.45) is 8.10. The standard InChI is InChI=1S/C15H18N2OS/c16-9-12(10-6-7-10)17-15(18)14-8-11-4-2-1-3-5-13(11)19-14/h8,10,12H,1-7H2,(H,17,18). The van der Waals surface area contributed by atoms with Gasteiger partial charge in [0.1, 0.15) is 6.04 Å². The molecule has 0 aromatic carbocycles. The zero-order chi connectivity index (χ0) is 13.2. The lowest BCUT2D eigenvalue weighted by Gasteiger charge is -2.08. The maximum Gasteiger partial charge on any atom is 0.262 e. The van der Waals surface area contributed by atoms with Gasteiger partial charge in [-0.3, -0.25) is 4.79 Å². The van der Waals surface area contributed by atoms with Crippen LogP contribution in [0.5, 0.6) is 0 Å². The van der Waals surface area contributed by atoms with Gasteiger partial charge in [0, 0.05) is 4.88 Å². The Balaban J connectivity index is 1.71. The first-order valence-electron chi connectivity index (χ1n) is 7.10. The second-order valence-corrected chi connectivity index (χ2v) is 6.67. The highest BCUT2D eigenvalue weighted by Gasteiger charge is 2.32. The highest BCUT2D eigenvalue weighted by Crippen LogP contribution is 2.33. The van der Waals surface area contributed by atoms with Crippen LogP contribution in [0.25, 0.3) is 0 Å². The van der Waals surface area contributed by atoms with E-state index in [0.29, 0.717) is 5.92 Å². The Labute approximate surface area is 117 Å². The number of nitrogens with zero attached hydrogens (tertiary/aromatic N) is 1. The van der Waals surface area contributed by atoms with Crippen LogP contribution in [0.4, 0.5) is 0 Å². The average Bonchev–Trinajstić information content (AvgIpc) is 3.21. The molecular weight excluding hydrogens is 256 g/mol. The van der Waals surface area contributed by atoms with E-state index in [1.54, 1.807) is 11.3 Å². The van der Waals surface area contributed by atoms with Crippen LogP contribution < -0.4 is 5.32 Å². The lowest BCUT2D eigenvalue weighted by molar-refractivity contribution is 0.0946. The summed E-state index contributed by atoms with van der Waals surface area (Å²) in [5.74, 6) is 0.322. The highest BCUT2D eigenvalue weighted by atomic mass is 32.1. The van der Waals surface area contributed by atoms with Crippen LogP contribution in [0.15, 0.2) is 6.07 Å². The van der Waals surface area contributed by atoms with Crippen molar-refractivity contribution in [1.82, 2.24) is 5.32 Å². The fourth-order valence-electron chi connectivity index (χ4n) is 2.68. The van der Waals surface area contributed by atoms with Crippen molar-refractivity contribution in [1.29, 1.82) is 5.26 Å². The highest BCUT2D eigenvalue weighted by molar-refractivity contribution is 7.14. The third kappa shape index (κ3) is 2.82. The summed E-state index contributed by atoms with van der Waals surface area (Å²) in [7, 11) is 0. The lowest BCUT2D eigenvalue weighted by Crippen LogP contribution is -2.34. The fourth-order valence-corrected chi connectivity index (χ4v) is 3.83. The summed E-state index contributed by atoms with van der Waals surface area (Å²) in [5.41, 5.74) is 1.35. The van der Waals surface area contributed by atoms with Crippen LogP contribution in [0.3, 0.4) is 0 Å². The second-order valence-electron chi connectivity index (χ2n) is 5.54. The number of fused-ring (bicyclic) bond motifs is 1. The zero-order valence-electron chi connectivity index (χ0n) is 10.9.